The Kier molecular flexibility index (Phi) is 5.74. The number of hydrogen-bond acceptors (Lipinski definition) is 3. The molecule has 1 aromatic rings. The summed E-state index contributed by atoms with van der Waals surface area (Å²) in [6, 6.07) is 8.04. The number of para-hydroxylation sites is 1. The third-order valence-electron chi connectivity index (χ3n) is 3.40. The predicted octanol–water partition coefficient (Wildman–Crippen LogP) is 1.88. The lowest BCUT2D eigenvalue weighted by molar-refractivity contribution is 0.333. The maximum absolute atomic E-state index is 5.53. The number of ether oxygens (including phenoxy) is 1. The van der Waals surface area contributed by atoms with Crippen LogP contribution in [0.1, 0.15) is 18.4 Å². The second kappa shape index (κ2) is 7.83. The van der Waals surface area contributed by atoms with Gasteiger partial charge in [0, 0.05) is 25.2 Å². The van der Waals surface area contributed by atoms with E-state index < -0.39 is 0 Å². The van der Waals surface area contributed by atoms with E-state index in [1.165, 1.54) is 31.5 Å². The quantitative estimate of drug-likeness (QED) is 0.597. The topological polar surface area (TPSA) is 24.5 Å². The maximum atomic E-state index is 5.53. The first-order valence-electron chi connectivity index (χ1n) is 6.97. The Hall–Kier alpha value is -1.50. The highest BCUT2D eigenvalue weighted by molar-refractivity contribution is 5.33. The van der Waals surface area contributed by atoms with Crippen LogP contribution in [0.5, 0.6) is 5.75 Å². The van der Waals surface area contributed by atoms with Gasteiger partial charge in [-0.05, 0) is 32.0 Å². The van der Waals surface area contributed by atoms with E-state index in [9.17, 15) is 0 Å². The van der Waals surface area contributed by atoms with Crippen LogP contribution in [0.3, 0.4) is 0 Å². The smallest absolute Gasteiger partial charge is 0.148 e. The van der Waals surface area contributed by atoms with Crippen LogP contribution in [-0.4, -0.2) is 37.7 Å². The van der Waals surface area contributed by atoms with Crippen molar-refractivity contribution in [3.05, 3.63) is 29.8 Å². The number of terminal acetylenes is 1. The summed E-state index contributed by atoms with van der Waals surface area (Å²) in [5, 5.41) is 3.47. The highest BCUT2D eigenvalue weighted by Crippen LogP contribution is 2.17. The van der Waals surface area contributed by atoms with Crippen LogP contribution >= 0.6 is 0 Å². The predicted molar refractivity (Wildman–Crippen MR) is 78.2 cm³/mol. The molecule has 102 valence electrons. The fourth-order valence-corrected chi connectivity index (χ4v) is 2.38. The summed E-state index contributed by atoms with van der Waals surface area (Å²) < 4.78 is 5.53. The first-order chi connectivity index (χ1) is 9.40. The molecule has 0 aliphatic carbocycles. The number of rotatable bonds is 7. The Morgan fingerprint density at radius 2 is 2.05 bits per heavy atom. The van der Waals surface area contributed by atoms with Crippen molar-refractivity contribution in [2.45, 2.75) is 19.4 Å². The van der Waals surface area contributed by atoms with Gasteiger partial charge in [0.1, 0.15) is 12.4 Å². The standard InChI is InChI=1S/C16H22N2O/c1-2-13-19-16-8-4-3-7-15(16)14-17-9-12-18-10-5-6-11-18/h1,3-4,7-8,17H,5-6,9-14H2. The zero-order chi connectivity index (χ0) is 13.3. The molecule has 0 saturated carbocycles. The van der Waals surface area contributed by atoms with Gasteiger partial charge in [0.2, 0.25) is 0 Å². The molecule has 0 aromatic heterocycles. The molecule has 1 saturated heterocycles. The number of hydrogen-bond donors (Lipinski definition) is 1. The highest BCUT2D eigenvalue weighted by atomic mass is 16.5. The summed E-state index contributed by atoms with van der Waals surface area (Å²) in [5.74, 6) is 3.38. The van der Waals surface area contributed by atoms with Gasteiger partial charge in [-0.25, -0.2) is 0 Å². The van der Waals surface area contributed by atoms with Crippen molar-refractivity contribution in [2.75, 3.05) is 32.8 Å². The van der Waals surface area contributed by atoms with Crippen LogP contribution in [0.2, 0.25) is 0 Å². The molecule has 1 aromatic carbocycles. The normalized spacial score (nSPS) is 15.3. The minimum absolute atomic E-state index is 0.324. The molecule has 1 N–H and O–H groups in total. The number of likely N-dealkylation sites (tertiary alicyclic amines) is 1. The van der Waals surface area contributed by atoms with Crippen LogP contribution in [0, 0.1) is 12.3 Å². The Morgan fingerprint density at radius 3 is 2.84 bits per heavy atom. The molecule has 1 heterocycles. The summed E-state index contributed by atoms with van der Waals surface area (Å²) in [4.78, 5) is 2.51. The van der Waals surface area contributed by atoms with Gasteiger partial charge >= 0.3 is 0 Å². The Bertz CT molecular complexity index is 419. The van der Waals surface area contributed by atoms with E-state index in [-0.39, 0.29) is 0 Å². The van der Waals surface area contributed by atoms with Crippen LogP contribution in [0.25, 0.3) is 0 Å². The lowest BCUT2D eigenvalue weighted by Gasteiger charge is -2.15. The van der Waals surface area contributed by atoms with E-state index in [0.717, 1.165) is 25.4 Å². The summed E-state index contributed by atoms with van der Waals surface area (Å²) in [5.41, 5.74) is 1.17. The molecule has 1 aliphatic heterocycles. The fraction of sp³-hybridized carbons (Fsp3) is 0.500. The Balaban J connectivity index is 1.73. The molecule has 0 bridgehead atoms. The van der Waals surface area contributed by atoms with Crippen molar-refractivity contribution in [3.8, 4) is 18.1 Å². The molecular weight excluding hydrogens is 236 g/mol. The van der Waals surface area contributed by atoms with Gasteiger partial charge in [-0.2, -0.15) is 0 Å². The van der Waals surface area contributed by atoms with E-state index in [0.29, 0.717) is 6.61 Å². The van der Waals surface area contributed by atoms with Gasteiger partial charge in [-0.15, -0.1) is 6.42 Å². The summed E-state index contributed by atoms with van der Waals surface area (Å²) in [7, 11) is 0. The van der Waals surface area contributed by atoms with Gasteiger partial charge in [0.05, 0.1) is 0 Å². The minimum atomic E-state index is 0.324. The molecule has 0 spiro atoms. The molecule has 2 rings (SSSR count). The third-order valence-corrected chi connectivity index (χ3v) is 3.40. The van der Waals surface area contributed by atoms with E-state index >= 15 is 0 Å². The molecule has 19 heavy (non-hydrogen) atoms. The first-order valence-corrected chi connectivity index (χ1v) is 6.97. The number of nitrogens with zero attached hydrogens (tertiary/aromatic N) is 1. The molecule has 3 nitrogen and oxygen atoms in total. The summed E-state index contributed by atoms with van der Waals surface area (Å²) in [6.07, 6.45) is 7.92. The third kappa shape index (κ3) is 4.59. The second-order valence-electron chi connectivity index (χ2n) is 4.83. The highest BCUT2D eigenvalue weighted by Gasteiger charge is 2.10. The van der Waals surface area contributed by atoms with Crippen molar-refractivity contribution < 1.29 is 4.74 Å². The average Bonchev–Trinajstić information content (AvgIpc) is 2.95. The molecule has 0 unspecified atom stereocenters. The largest absolute Gasteiger partial charge is 0.481 e. The molecule has 3 heteroatoms. The second-order valence-corrected chi connectivity index (χ2v) is 4.83. The molecular formula is C16H22N2O. The Labute approximate surface area is 115 Å². The van der Waals surface area contributed by atoms with Gasteiger partial charge < -0.3 is 15.0 Å². The van der Waals surface area contributed by atoms with Crippen molar-refractivity contribution in [2.24, 2.45) is 0 Å². The number of nitrogens with one attached hydrogen (secondary N) is 1. The average molecular weight is 258 g/mol. The van der Waals surface area contributed by atoms with Crippen molar-refractivity contribution in [1.82, 2.24) is 10.2 Å². The minimum Gasteiger partial charge on any atom is -0.481 e. The maximum Gasteiger partial charge on any atom is 0.148 e. The van der Waals surface area contributed by atoms with Crippen LogP contribution in [-0.2, 0) is 6.54 Å². The van der Waals surface area contributed by atoms with E-state index in [4.69, 9.17) is 11.2 Å². The van der Waals surface area contributed by atoms with Crippen molar-refractivity contribution >= 4 is 0 Å². The van der Waals surface area contributed by atoms with Gasteiger partial charge in [-0.1, -0.05) is 24.1 Å². The summed E-state index contributed by atoms with van der Waals surface area (Å²) in [6.45, 7) is 5.81. The van der Waals surface area contributed by atoms with Crippen LogP contribution in [0.4, 0.5) is 0 Å². The first kappa shape index (κ1) is 13.9. The van der Waals surface area contributed by atoms with Crippen LogP contribution < -0.4 is 10.1 Å². The zero-order valence-electron chi connectivity index (χ0n) is 11.4. The number of benzene rings is 1. The Morgan fingerprint density at radius 1 is 1.26 bits per heavy atom. The van der Waals surface area contributed by atoms with Crippen LogP contribution in [0.15, 0.2) is 24.3 Å². The molecule has 1 fully saturated rings. The van der Waals surface area contributed by atoms with Crippen molar-refractivity contribution in [3.63, 3.8) is 0 Å². The van der Waals surface area contributed by atoms with Gasteiger partial charge in [-0.3, -0.25) is 0 Å². The SMILES string of the molecule is C#CCOc1ccccc1CNCCN1CCCC1. The molecule has 0 amide bonds. The van der Waals surface area contributed by atoms with Crippen molar-refractivity contribution in [1.29, 1.82) is 0 Å². The van der Waals surface area contributed by atoms with E-state index in [1.807, 2.05) is 18.2 Å². The molecule has 0 radical (unpaired) electrons. The van der Waals surface area contributed by atoms with Gasteiger partial charge in [0.15, 0.2) is 0 Å². The monoisotopic (exact) mass is 258 g/mol. The zero-order valence-corrected chi connectivity index (χ0v) is 11.4. The molecule has 0 atom stereocenters. The fourth-order valence-electron chi connectivity index (χ4n) is 2.38. The van der Waals surface area contributed by atoms with E-state index in [1.54, 1.807) is 0 Å². The lowest BCUT2D eigenvalue weighted by atomic mass is 10.2. The summed E-state index contributed by atoms with van der Waals surface area (Å²) >= 11 is 0. The lowest BCUT2D eigenvalue weighted by Crippen LogP contribution is -2.29. The molecule has 1 aliphatic rings. The van der Waals surface area contributed by atoms with E-state index in [2.05, 4.69) is 22.2 Å². The van der Waals surface area contributed by atoms with Gasteiger partial charge in [0.25, 0.3) is 0 Å².